The molecule has 1 heterocycles. The monoisotopic (exact) mass is 275 g/mol. The normalized spacial score (nSPS) is 17.8. The molecule has 0 radical (unpaired) electrons. The smallest absolute Gasteiger partial charge is 0.251 e. The minimum atomic E-state index is -0.104. The number of rotatable bonds is 5. The maximum absolute atomic E-state index is 11.8. The summed E-state index contributed by atoms with van der Waals surface area (Å²) in [5.74, 6) is -0.0346. The molecule has 20 heavy (non-hydrogen) atoms. The third-order valence-electron chi connectivity index (χ3n) is 3.53. The van der Waals surface area contributed by atoms with Gasteiger partial charge in [0.15, 0.2) is 0 Å². The van der Waals surface area contributed by atoms with Gasteiger partial charge in [-0.05, 0) is 37.1 Å². The fraction of sp³-hybridized carbons (Fsp3) is 0.467. The van der Waals surface area contributed by atoms with Gasteiger partial charge in [0.25, 0.3) is 5.91 Å². The van der Waals surface area contributed by atoms with Crippen LogP contribution in [0, 0.1) is 0 Å². The van der Waals surface area contributed by atoms with E-state index >= 15 is 0 Å². The summed E-state index contributed by atoms with van der Waals surface area (Å²) in [6.45, 7) is 1.51. The number of amides is 2. The summed E-state index contributed by atoms with van der Waals surface area (Å²) >= 11 is 0. The van der Waals surface area contributed by atoms with E-state index in [4.69, 9.17) is 0 Å². The van der Waals surface area contributed by atoms with Crippen LogP contribution < -0.4 is 16.0 Å². The maximum Gasteiger partial charge on any atom is 0.251 e. The molecule has 1 aromatic rings. The summed E-state index contributed by atoms with van der Waals surface area (Å²) < 4.78 is 0. The second kappa shape index (κ2) is 7.05. The summed E-state index contributed by atoms with van der Waals surface area (Å²) in [7, 11) is 1.60. The Balaban J connectivity index is 1.78. The molecule has 0 aromatic heterocycles. The standard InChI is InChI=1S/C15H21N3O2/c1-16-15(20)12-6-4-11(5-7-12)10-18-14(19)9-13-3-2-8-17-13/h4-7,13,17H,2-3,8-10H2,1H3,(H,16,20)(H,18,19). The van der Waals surface area contributed by atoms with E-state index in [0.717, 1.165) is 24.9 Å². The van der Waals surface area contributed by atoms with Crippen molar-refractivity contribution in [3.63, 3.8) is 0 Å². The van der Waals surface area contributed by atoms with Gasteiger partial charge in [0.2, 0.25) is 5.91 Å². The molecule has 5 nitrogen and oxygen atoms in total. The first-order valence-corrected chi connectivity index (χ1v) is 7.00. The van der Waals surface area contributed by atoms with Crippen molar-refractivity contribution < 1.29 is 9.59 Å². The van der Waals surface area contributed by atoms with Gasteiger partial charge >= 0.3 is 0 Å². The van der Waals surface area contributed by atoms with Crippen LogP contribution in [-0.4, -0.2) is 31.4 Å². The van der Waals surface area contributed by atoms with Crippen molar-refractivity contribution in [2.24, 2.45) is 0 Å². The zero-order valence-electron chi connectivity index (χ0n) is 11.7. The van der Waals surface area contributed by atoms with Crippen molar-refractivity contribution in [3.05, 3.63) is 35.4 Å². The third kappa shape index (κ3) is 4.06. The second-order valence-corrected chi connectivity index (χ2v) is 5.05. The Bertz CT molecular complexity index is 465. The highest BCUT2D eigenvalue weighted by molar-refractivity contribution is 5.93. The summed E-state index contributed by atoms with van der Waals surface area (Å²) in [6.07, 6.45) is 2.77. The van der Waals surface area contributed by atoms with Gasteiger partial charge in [0, 0.05) is 31.6 Å². The zero-order chi connectivity index (χ0) is 14.4. The Kier molecular flexibility index (Phi) is 5.12. The molecule has 5 heteroatoms. The Morgan fingerprint density at radius 1 is 1.30 bits per heavy atom. The van der Waals surface area contributed by atoms with Gasteiger partial charge < -0.3 is 16.0 Å². The predicted molar refractivity (Wildman–Crippen MR) is 77.3 cm³/mol. The molecule has 1 aliphatic rings. The van der Waals surface area contributed by atoms with Gasteiger partial charge in [0.05, 0.1) is 0 Å². The molecule has 1 fully saturated rings. The lowest BCUT2D eigenvalue weighted by molar-refractivity contribution is -0.121. The number of benzene rings is 1. The van der Waals surface area contributed by atoms with Crippen LogP contribution in [0.15, 0.2) is 24.3 Å². The zero-order valence-corrected chi connectivity index (χ0v) is 11.7. The molecule has 3 N–H and O–H groups in total. The highest BCUT2D eigenvalue weighted by Gasteiger charge is 2.17. The quantitative estimate of drug-likeness (QED) is 0.744. The molecule has 1 aromatic carbocycles. The highest BCUT2D eigenvalue weighted by atomic mass is 16.2. The SMILES string of the molecule is CNC(=O)c1ccc(CNC(=O)CC2CCCN2)cc1. The van der Waals surface area contributed by atoms with Crippen LogP contribution in [0.1, 0.15) is 35.2 Å². The first-order valence-electron chi connectivity index (χ1n) is 7.00. The van der Waals surface area contributed by atoms with Gasteiger partial charge in [-0.2, -0.15) is 0 Å². The van der Waals surface area contributed by atoms with Gasteiger partial charge in [-0.1, -0.05) is 12.1 Å². The minimum absolute atomic E-state index is 0.0692. The Labute approximate surface area is 119 Å². The molecule has 2 amide bonds. The average Bonchev–Trinajstić information content (AvgIpc) is 2.97. The lowest BCUT2D eigenvalue weighted by Gasteiger charge is -2.10. The molecular weight excluding hydrogens is 254 g/mol. The lowest BCUT2D eigenvalue weighted by atomic mass is 10.1. The fourth-order valence-corrected chi connectivity index (χ4v) is 2.35. The molecule has 108 valence electrons. The van der Waals surface area contributed by atoms with Gasteiger partial charge in [-0.15, -0.1) is 0 Å². The fourth-order valence-electron chi connectivity index (χ4n) is 2.35. The van der Waals surface area contributed by atoms with E-state index < -0.39 is 0 Å². The maximum atomic E-state index is 11.8. The topological polar surface area (TPSA) is 70.2 Å². The summed E-state index contributed by atoms with van der Waals surface area (Å²) in [5, 5.41) is 8.79. The molecule has 0 saturated carbocycles. The molecule has 0 bridgehead atoms. The molecule has 1 unspecified atom stereocenters. The third-order valence-corrected chi connectivity index (χ3v) is 3.53. The van der Waals surface area contributed by atoms with Crippen molar-refractivity contribution in [1.82, 2.24) is 16.0 Å². The van der Waals surface area contributed by atoms with Crippen LogP contribution in [0.5, 0.6) is 0 Å². The van der Waals surface area contributed by atoms with Gasteiger partial charge in [0.1, 0.15) is 0 Å². The first kappa shape index (κ1) is 14.5. The van der Waals surface area contributed by atoms with Crippen LogP contribution in [0.2, 0.25) is 0 Å². The Hall–Kier alpha value is -1.88. The number of carbonyl (C=O) groups is 2. The van der Waals surface area contributed by atoms with Crippen LogP contribution in [0.4, 0.5) is 0 Å². The molecule has 0 spiro atoms. The highest BCUT2D eigenvalue weighted by Crippen LogP contribution is 2.09. The van der Waals surface area contributed by atoms with E-state index in [1.807, 2.05) is 12.1 Å². The molecule has 1 aliphatic heterocycles. The van der Waals surface area contributed by atoms with Crippen LogP contribution in [0.3, 0.4) is 0 Å². The van der Waals surface area contributed by atoms with Crippen molar-refractivity contribution >= 4 is 11.8 Å². The largest absolute Gasteiger partial charge is 0.355 e. The Morgan fingerprint density at radius 2 is 2.05 bits per heavy atom. The van der Waals surface area contributed by atoms with Crippen molar-refractivity contribution in [2.75, 3.05) is 13.6 Å². The molecule has 1 saturated heterocycles. The van der Waals surface area contributed by atoms with Crippen LogP contribution in [0.25, 0.3) is 0 Å². The van der Waals surface area contributed by atoms with E-state index in [1.165, 1.54) is 0 Å². The second-order valence-electron chi connectivity index (χ2n) is 5.05. The number of hydrogen-bond acceptors (Lipinski definition) is 3. The molecule has 1 atom stereocenters. The molecule has 2 rings (SSSR count). The molecule has 0 aliphatic carbocycles. The average molecular weight is 275 g/mol. The van der Waals surface area contributed by atoms with Crippen molar-refractivity contribution in [2.45, 2.75) is 31.8 Å². The molecular formula is C15H21N3O2. The lowest BCUT2D eigenvalue weighted by Crippen LogP contribution is -2.31. The van der Waals surface area contributed by atoms with E-state index in [9.17, 15) is 9.59 Å². The van der Waals surface area contributed by atoms with Crippen molar-refractivity contribution in [3.8, 4) is 0 Å². The summed E-state index contributed by atoms with van der Waals surface area (Å²) in [4.78, 5) is 23.2. The number of carbonyl (C=O) groups excluding carboxylic acids is 2. The summed E-state index contributed by atoms with van der Waals surface area (Å²) in [5.41, 5.74) is 1.61. The number of nitrogens with one attached hydrogen (secondary N) is 3. The van der Waals surface area contributed by atoms with E-state index in [0.29, 0.717) is 24.6 Å². The van der Waals surface area contributed by atoms with E-state index in [1.54, 1.807) is 19.2 Å². The van der Waals surface area contributed by atoms with Crippen molar-refractivity contribution in [1.29, 1.82) is 0 Å². The van der Waals surface area contributed by atoms with E-state index in [-0.39, 0.29) is 11.8 Å². The van der Waals surface area contributed by atoms with Crippen LogP contribution >= 0.6 is 0 Å². The van der Waals surface area contributed by atoms with E-state index in [2.05, 4.69) is 16.0 Å². The Morgan fingerprint density at radius 3 is 2.65 bits per heavy atom. The van der Waals surface area contributed by atoms with Gasteiger partial charge in [-0.3, -0.25) is 9.59 Å². The predicted octanol–water partition coefficient (Wildman–Crippen LogP) is 0.804. The van der Waals surface area contributed by atoms with Gasteiger partial charge in [-0.25, -0.2) is 0 Å². The summed E-state index contributed by atoms with van der Waals surface area (Å²) in [6, 6.07) is 7.57. The van der Waals surface area contributed by atoms with Crippen LogP contribution in [-0.2, 0) is 11.3 Å². The first-order chi connectivity index (χ1) is 9.69. The minimum Gasteiger partial charge on any atom is -0.355 e. The number of hydrogen-bond donors (Lipinski definition) is 3.